The van der Waals surface area contributed by atoms with Crippen LogP contribution >= 0.6 is 23.5 Å². The van der Waals surface area contributed by atoms with Crippen LogP contribution in [0.25, 0.3) is 0 Å². The minimum absolute atomic E-state index is 0.101. The highest BCUT2D eigenvalue weighted by Crippen LogP contribution is 2.72. The molecule has 35 heavy (non-hydrogen) atoms. The summed E-state index contributed by atoms with van der Waals surface area (Å²) in [4.78, 5) is 36.8. The molecule has 0 bridgehead atoms. The van der Waals surface area contributed by atoms with E-state index in [-0.39, 0.29) is 12.0 Å². The number of aliphatic hydroxyl groups excluding tert-OH is 1. The predicted octanol–water partition coefficient (Wildman–Crippen LogP) is 1.37. The van der Waals surface area contributed by atoms with E-state index in [0.717, 1.165) is 32.8 Å². The van der Waals surface area contributed by atoms with Gasteiger partial charge in [-0.2, -0.15) is 8.62 Å². The molecule has 0 aliphatic carbocycles. The number of H-pyrrole nitrogens is 1. The van der Waals surface area contributed by atoms with Gasteiger partial charge >= 0.3 is 35.1 Å². The topological polar surface area (TPSA) is 217 Å². The predicted molar refractivity (Wildman–Crippen MR) is 114 cm³/mol. The highest BCUT2D eigenvalue weighted by atomic mass is 31.3. The lowest BCUT2D eigenvalue weighted by molar-refractivity contribution is -0.133. The number of phosphoric acid groups is 3. The number of nitrogens with one attached hydrogen (secondary N) is 1. The molecule has 1 aliphatic heterocycles. The van der Waals surface area contributed by atoms with Crippen molar-refractivity contribution in [2.24, 2.45) is 0 Å². The van der Waals surface area contributed by atoms with Crippen molar-refractivity contribution in [2.45, 2.75) is 38.7 Å². The molecule has 1 aliphatic rings. The second-order valence-corrected chi connectivity index (χ2v) is 12.4. The SMILES string of the molecule is COP(=O)(OC[C@H]1O[C@@H](n2cc(C)c(=O)[nH]c2=O)CC1O)OP(=O)(OC)OP(=O)(OC)OC(C)=O. The van der Waals surface area contributed by atoms with Crippen molar-refractivity contribution in [1.29, 1.82) is 0 Å². The van der Waals surface area contributed by atoms with Crippen LogP contribution < -0.4 is 11.2 Å². The van der Waals surface area contributed by atoms with Crippen LogP contribution in [-0.2, 0) is 54.5 Å². The largest absolute Gasteiger partial charge is 0.540 e. The van der Waals surface area contributed by atoms with Gasteiger partial charge in [-0.1, -0.05) is 0 Å². The number of phosphoric ester groups is 2. The van der Waals surface area contributed by atoms with E-state index in [0.29, 0.717) is 0 Å². The number of aliphatic hydroxyl groups is 1. The van der Waals surface area contributed by atoms with Crippen LogP contribution in [-0.4, -0.2) is 60.8 Å². The Morgan fingerprint density at radius 1 is 1.11 bits per heavy atom. The molecule has 2 heterocycles. The summed E-state index contributed by atoms with van der Waals surface area (Å²) in [6.45, 7) is 1.65. The number of rotatable bonds is 12. The van der Waals surface area contributed by atoms with Gasteiger partial charge in [0.05, 0.1) is 12.7 Å². The van der Waals surface area contributed by atoms with Crippen LogP contribution in [0.4, 0.5) is 0 Å². The summed E-state index contributed by atoms with van der Waals surface area (Å²) in [5, 5.41) is 10.3. The molecular formula is C15H25N2O15P3. The summed E-state index contributed by atoms with van der Waals surface area (Å²) in [5.41, 5.74) is -1.14. The first kappa shape index (κ1) is 29.7. The molecule has 1 aromatic rings. The van der Waals surface area contributed by atoms with Gasteiger partial charge in [0.15, 0.2) is 0 Å². The number of hydrogen-bond acceptors (Lipinski definition) is 15. The Kier molecular flexibility index (Phi) is 9.96. The summed E-state index contributed by atoms with van der Waals surface area (Å²) < 4.78 is 76.6. The molecule has 0 saturated carbocycles. The molecule has 1 aromatic heterocycles. The normalized spacial score (nSPS) is 25.4. The Bertz CT molecular complexity index is 1180. The van der Waals surface area contributed by atoms with Crippen molar-refractivity contribution >= 4 is 29.4 Å². The van der Waals surface area contributed by atoms with E-state index in [1.54, 1.807) is 0 Å². The molecule has 17 nitrogen and oxygen atoms in total. The first-order chi connectivity index (χ1) is 16.2. The van der Waals surface area contributed by atoms with Crippen molar-refractivity contribution in [2.75, 3.05) is 27.9 Å². The molecule has 2 N–H and O–H groups in total. The van der Waals surface area contributed by atoms with Crippen molar-refractivity contribution < 1.29 is 59.6 Å². The quantitative estimate of drug-likeness (QED) is 0.341. The maximum atomic E-state index is 12.8. The summed E-state index contributed by atoms with van der Waals surface area (Å²) in [5.74, 6) is -1.12. The summed E-state index contributed by atoms with van der Waals surface area (Å²) >= 11 is 0. The van der Waals surface area contributed by atoms with Crippen molar-refractivity contribution in [3.8, 4) is 0 Å². The zero-order chi connectivity index (χ0) is 26.6. The number of nitrogens with zero attached hydrogens (tertiary/aromatic N) is 1. The lowest BCUT2D eigenvalue weighted by Gasteiger charge is -2.24. The van der Waals surface area contributed by atoms with E-state index < -0.39 is 65.7 Å². The zero-order valence-electron chi connectivity index (χ0n) is 19.2. The van der Waals surface area contributed by atoms with Crippen LogP contribution in [0.1, 0.15) is 25.1 Å². The minimum atomic E-state index is -5.05. The second-order valence-electron chi connectivity index (χ2n) is 6.84. The number of aromatic amines is 1. The number of carbonyl (C=O) groups excluding carboxylic acids is 1. The van der Waals surface area contributed by atoms with Gasteiger partial charge in [0.2, 0.25) is 0 Å². The third kappa shape index (κ3) is 7.75. The smallest absolute Gasteiger partial charge is 0.390 e. The van der Waals surface area contributed by atoms with Gasteiger partial charge in [-0.3, -0.25) is 37.2 Å². The molecule has 2 rings (SSSR count). The van der Waals surface area contributed by atoms with Gasteiger partial charge in [0, 0.05) is 46.4 Å². The molecule has 0 aromatic carbocycles. The highest BCUT2D eigenvalue weighted by molar-refractivity contribution is 7.68. The number of ether oxygens (including phenoxy) is 1. The lowest BCUT2D eigenvalue weighted by Crippen LogP contribution is -2.33. The molecule has 1 saturated heterocycles. The fraction of sp³-hybridized carbons (Fsp3) is 0.667. The Labute approximate surface area is 198 Å². The van der Waals surface area contributed by atoms with E-state index in [9.17, 15) is 33.2 Å². The first-order valence-corrected chi connectivity index (χ1v) is 14.0. The number of aryl methyl sites for hydroxylation is 1. The maximum Gasteiger partial charge on any atom is 0.540 e. The van der Waals surface area contributed by atoms with Gasteiger partial charge in [-0.05, 0) is 6.92 Å². The van der Waals surface area contributed by atoms with Gasteiger partial charge in [0.1, 0.15) is 12.3 Å². The van der Waals surface area contributed by atoms with Crippen LogP contribution in [0, 0.1) is 6.92 Å². The Morgan fingerprint density at radius 3 is 2.23 bits per heavy atom. The summed E-state index contributed by atoms with van der Waals surface area (Å²) in [7, 11) is -12.2. The fourth-order valence-corrected chi connectivity index (χ4v) is 7.24. The van der Waals surface area contributed by atoms with E-state index >= 15 is 0 Å². The minimum Gasteiger partial charge on any atom is -0.390 e. The lowest BCUT2D eigenvalue weighted by atomic mass is 10.2. The van der Waals surface area contributed by atoms with Crippen molar-refractivity contribution in [1.82, 2.24) is 9.55 Å². The van der Waals surface area contributed by atoms with E-state index in [1.807, 2.05) is 0 Å². The average Bonchev–Trinajstić information content (AvgIpc) is 3.14. The molecule has 0 spiro atoms. The van der Waals surface area contributed by atoms with Crippen LogP contribution in [0.3, 0.4) is 0 Å². The summed E-state index contributed by atoms with van der Waals surface area (Å²) in [6, 6.07) is 0. The van der Waals surface area contributed by atoms with E-state index in [1.165, 1.54) is 13.1 Å². The monoisotopic (exact) mass is 566 g/mol. The standard InChI is InChI=1S/C15H25N2O15P3/c1-9-7-17(15(21)16-14(9)20)13-6-11(19)12(29-13)8-28-33(22,25-3)31-35(24,27-5)32-34(23,26-4)30-10(2)18/h7,11-13,19H,6,8H2,1-5H3,(H,16,20,21)/t11?,12-,13-,33?,34?,35?/m1/s1. The molecule has 20 heteroatoms. The number of carbonyl (C=O) groups is 1. The first-order valence-electron chi connectivity index (χ1n) is 9.59. The van der Waals surface area contributed by atoms with Gasteiger partial charge in [0.25, 0.3) is 5.56 Å². The number of hydrogen-bond donors (Lipinski definition) is 2. The highest BCUT2D eigenvalue weighted by Gasteiger charge is 2.48. The molecule has 6 atom stereocenters. The van der Waals surface area contributed by atoms with Gasteiger partial charge in [-0.25, -0.2) is 18.5 Å². The molecule has 1 fully saturated rings. The Morgan fingerprint density at radius 2 is 1.69 bits per heavy atom. The van der Waals surface area contributed by atoms with Crippen molar-refractivity contribution in [3.05, 3.63) is 32.6 Å². The molecule has 200 valence electrons. The van der Waals surface area contributed by atoms with E-state index in [4.69, 9.17) is 13.6 Å². The summed E-state index contributed by atoms with van der Waals surface area (Å²) in [6.07, 6.45) is -2.27. The van der Waals surface area contributed by atoms with Gasteiger partial charge in [-0.15, -0.1) is 0 Å². The van der Waals surface area contributed by atoms with Crippen molar-refractivity contribution in [3.63, 3.8) is 0 Å². The molecule has 0 amide bonds. The molecular weight excluding hydrogens is 541 g/mol. The third-order valence-corrected chi connectivity index (χ3v) is 9.86. The van der Waals surface area contributed by atoms with Crippen LogP contribution in [0.15, 0.2) is 15.8 Å². The zero-order valence-corrected chi connectivity index (χ0v) is 21.9. The Balaban J connectivity index is 2.12. The molecule has 4 unspecified atom stereocenters. The van der Waals surface area contributed by atoms with Crippen LogP contribution in [0.5, 0.6) is 0 Å². The van der Waals surface area contributed by atoms with E-state index in [2.05, 4.69) is 27.4 Å². The van der Waals surface area contributed by atoms with Crippen LogP contribution in [0.2, 0.25) is 0 Å². The van der Waals surface area contributed by atoms with Gasteiger partial charge < -0.3 is 14.4 Å². The maximum absolute atomic E-state index is 12.8. The average molecular weight is 566 g/mol. The Hall–Kier alpha value is -1.48. The second kappa shape index (κ2) is 11.7. The fourth-order valence-electron chi connectivity index (χ4n) is 2.68. The third-order valence-electron chi connectivity index (χ3n) is 4.37. The number of aromatic nitrogens is 2. The molecule has 0 radical (unpaired) electrons.